The third-order valence-corrected chi connectivity index (χ3v) is 5.19. The predicted octanol–water partition coefficient (Wildman–Crippen LogP) is 2.43. The second kappa shape index (κ2) is 8.86. The lowest BCUT2D eigenvalue weighted by molar-refractivity contribution is -0.119. The van der Waals surface area contributed by atoms with Gasteiger partial charge in [0.15, 0.2) is 6.61 Å². The number of hydrogen-bond acceptors (Lipinski definition) is 6. The summed E-state index contributed by atoms with van der Waals surface area (Å²) < 4.78 is 32.2. The van der Waals surface area contributed by atoms with Gasteiger partial charge in [0.05, 0.1) is 22.1 Å². The molecule has 29 heavy (non-hydrogen) atoms. The lowest BCUT2D eigenvalue weighted by Crippen LogP contribution is -2.40. The zero-order chi connectivity index (χ0) is 21.7. The first kappa shape index (κ1) is 22.1. The number of anilines is 1. The molecule has 2 aromatic carbocycles. The molecule has 0 saturated carbocycles. The van der Waals surface area contributed by atoms with Crippen LogP contribution in [0.2, 0.25) is 0 Å². The number of nitriles is 1. The molecule has 0 atom stereocenters. The number of carbonyl (C=O) groups excluding carboxylic acids is 2. The average molecular weight is 415 g/mol. The maximum atomic E-state index is 12.4. The number of nitrogens with one attached hydrogen (secondary N) is 2. The summed E-state index contributed by atoms with van der Waals surface area (Å²) in [6.07, 6.45) is 0. The third kappa shape index (κ3) is 6.71. The van der Waals surface area contributed by atoms with Crippen molar-refractivity contribution < 1.29 is 22.7 Å². The number of esters is 1. The highest BCUT2D eigenvalue weighted by Gasteiger charge is 2.23. The minimum atomic E-state index is -3.82. The molecule has 0 aliphatic heterocycles. The van der Waals surface area contributed by atoms with E-state index >= 15 is 0 Å². The molecule has 0 aromatic heterocycles. The van der Waals surface area contributed by atoms with Gasteiger partial charge in [-0.1, -0.05) is 12.1 Å². The van der Waals surface area contributed by atoms with Crippen LogP contribution in [-0.4, -0.2) is 32.4 Å². The van der Waals surface area contributed by atoms with Gasteiger partial charge in [-0.15, -0.1) is 0 Å². The van der Waals surface area contributed by atoms with Gasteiger partial charge in [-0.05, 0) is 57.2 Å². The maximum absolute atomic E-state index is 12.4. The van der Waals surface area contributed by atoms with Gasteiger partial charge in [0.2, 0.25) is 10.0 Å². The van der Waals surface area contributed by atoms with E-state index in [1.54, 1.807) is 39.0 Å². The first-order valence-electron chi connectivity index (χ1n) is 8.61. The summed E-state index contributed by atoms with van der Waals surface area (Å²) in [4.78, 5) is 24.1. The average Bonchev–Trinajstić information content (AvgIpc) is 2.64. The minimum absolute atomic E-state index is 0.000983. The Morgan fingerprint density at radius 1 is 1.10 bits per heavy atom. The Kier molecular flexibility index (Phi) is 6.74. The molecule has 0 aliphatic carbocycles. The molecular formula is C20H21N3O5S. The SMILES string of the molecule is CC(C)(C)NS(=O)(=O)c1cccc(C(=O)OCC(=O)Nc2cccc(C#N)c2)c1. The zero-order valence-electron chi connectivity index (χ0n) is 16.2. The fourth-order valence-electron chi connectivity index (χ4n) is 2.33. The number of amides is 1. The summed E-state index contributed by atoms with van der Waals surface area (Å²) in [5.74, 6) is -1.43. The second-order valence-corrected chi connectivity index (χ2v) is 8.88. The van der Waals surface area contributed by atoms with E-state index in [1.165, 1.54) is 30.3 Å². The van der Waals surface area contributed by atoms with Crippen molar-refractivity contribution in [3.05, 3.63) is 59.7 Å². The van der Waals surface area contributed by atoms with Crippen molar-refractivity contribution in [3.63, 3.8) is 0 Å². The van der Waals surface area contributed by atoms with Crippen molar-refractivity contribution in [3.8, 4) is 6.07 Å². The van der Waals surface area contributed by atoms with Crippen LogP contribution in [0.5, 0.6) is 0 Å². The molecule has 2 aromatic rings. The zero-order valence-corrected chi connectivity index (χ0v) is 17.0. The van der Waals surface area contributed by atoms with Gasteiger partial charge in [0, 0.05) is 11.2 Å². The largest absolute Gasteiger partial charge is 0.452 e. The first-order chi connectivity index (χ1) is 13.5. The summed E-state index contributed by atoms with van der Waals surface area (Å²) in [5.41, 5.74) is 0.0882. The van der Waals surface area contributed by atoms with Crippen LogP contribution in [0.25, 0.3) is 0 Å². The van der Waals surface area contributed by atoms with E-state index in [1.807, 2.05) is 6.07 Å². The number of rotatable bonds is 6. The van der Waals surface area contributed by atoms with Crippen molar-refractivity contribution >= 4 is 27.6 Å². The number of nitrogens with zero attached hydrogens (tertiary/aromatic N) is 1. The lowest BCUT2D eigenvalue weighted by Gasteiger charge is -2.20. The van der Waals surface area contributed by atoms with Crippen LogP contribution < -0.4 is 10.0 Å². The Bertz CT molecular complexity index is 1070. The molecule has 2 rings (SSSR count). The molecule has 0 spiro atoms. The summed E-state index contributed by atoms with van der Waals surface area (Å²) in [5, 5.41) is 11.4. The molecule has 0 aliphatic rings. The Morgan fingerprint density at radius 3 is 2.45 bits per heavy atom. The van der Waals surface area contributed by atoms with Crippen LogP contribution in [0.1, 0.15) is 36.7 Å². The first-order valence-corrected chi connectivity index (χ1v) is 10.1. The van der Waals surface area contributed by atoms with Crippen LogP contribution in [0.3, 0.4) is 0 Å². The number of hydrogen-bond donors (Lipinski definition) is 2. The third-order valence-electron chi connectivity index (χ3n) is 3.43. The lowest BCUT2D eigenvalue weighted by atomic mass is 10.1. The molecule has 0 heterocycles. The molecule has 0 saturated heterocycles. The van der Waals surface area contributed by atoms with Gasteiger partial charge in [-0.25, -0.2) is 17.9 Å². The van der Waals surface area contributed by atoms with E-state index in [0.29, 0.717) is 11.3 Å². The van der Waals surface area contributed by atoms with Crippen LogP contribution in [0, 0.1) is 11.3 Å². The van der Waals surface area contributed by atoms with Crippen molar-refractivity contribution in [2.45, 2.75) is 31.2 Å². The number of ether oxygens (including phenoxy) is 1. The van der Waals surface area contributed by atoms with Crippen LogP contribution in [0.15, 0.2) is 53.4 Å². The summed E-state index contributed by atoms with van der Waals surface area (Å²) in [7, 11) is -3.82. The molecule has 9 heteroatoms. The van der Waals surface area contributed by atoms with E-state index in [-0.39, 0.29) is 10.5 Å². The number of benzene rings is 2. The number of carbonyl (C=O) groups is 2. The van der Waals surface area contributed by atoms with Crippen LogP contribution >= 0.6 is 0 Å². The fraction of sp³-hybridized carbons (Fsp3) is 0.250. The number of sulfonamides is 1. The van der Waals surface area contributed by atoms with Gasteiger partial charge >= 0.3 is 5.97 Å². The van der Waals surface area contributed by atoms with Crippen molar-refractivity contribution in [2.24, 2.45) is 0 Å². The highest BCUT2D eigenvalue weighted by Crippen LogP contribution is 2.15. The Labute approximate surface area is 169 Å². The summed E-state index contributed by atoms with van der Waals surface area (Å²) in [6, 6.07) is 13.6. The Hall–Kier alpha value is -3.22. The van der Waals surface area contributed by atoms with Crippen LogP contribution in [-0.2, 0) is 19.6 Å². The molecule has 0 fully saturated rings. The molecule has 8 nitrogen and oxygen atoms in total. The van der Waals surface area contributed by atoms with Gasteiger partial charge in [-0.3, -0.25) is 4.79 Å². The van der Waals surface area contributed by atoms with E-state index in [0.717, 1.165) is 0 Å². The van der Waals surface area contributed by atoms with Gasteiger partial charge < -0.3 is 10.1 Å². The molecule has 0 bridgehead atoms. The maximum Gasteiger partial charge on any atom is 0.338 e. The molecule has 152 valence electrons. The van der Waals surface area contributed by atoms with E-state index in [2.05, 4.69) is 10.0 Å². The van der Waals surface area contributed by atoms with Gasteiger partial charge in [-0.2, -0.15) is 5.26 Å². The normalized spacial score (nSPS) is 11.4. The molecule has 0 unspecified atom stereocenters. The predicted molar refractivity (Wildman–Crippen MR) is 107 cm³/mol. The van der Waals surface area contributed by atoms with E-state index < -0.39 is 34.0 Å². The highest BCUT2D eigenvalue weighted by molar-refractivity contribution is 7.89. The van der Waals surface area contributed by atoms with E-state index in [4.69, 9.17) is 10.00 Å². The van der Waals surface area contributed by atoms with Crippen molar-refractivity contribution in [2.75, 3.05) is 11.9 Å². The smallest absolute Gasteiger partial charge is 0.338 e. The fourth-order valence-corrected chi connectivity index (χ4v) is 3.79. The summed E-state index contributed by atoms with van der Waals surface area (Å²) in [6.45, 7) is 4.54. The van der Waals surface area contributed by atoms with E-state index in [9.17, 15) is 18.0 Å². The quantitative estimate of drug-likeness (QED) is 0.698. The monoisotopic (exact) mass is 415 g/mol. The molecular weight excluding hydrogens is 394 g/mol. The Balaban J connectivity index is 2.02. The molecule has 2 N–H and O–H groups in total. The highest BCUT2D eigenvalue weighted by atomic mass is 32.2. The van der Waals surface area contributed by atoms with Crippen molar-refractivity contribution in [1.82, 2.24) is 4.72 Å². The molecule has 0 radical (unpaired) electrons. The van der Waals surface area contributed by atoms with Crippen LogP contribution in [0.4, 0.5) is 5.69 Å². The Morgan fingerprint density at radius 2 is 1.79 bits per heavy atom. The van der Waals surface area contributed by atoms with Crippen molar-refractivity contribution in [1.29, 1.82) is 5.26 Å². The molecule has 1 amide bonds. The van der Waals surface area contributed by atoms with Gasteiger partial charge in [0.25, 0.3) is 5.91 Å². The second-order valence-electron chi connectivity index (χ2n) is 7.20. The minimum Gasteiger partial charge on any atom is -0.452 e. The standard InChI is InChI=1S/C20H21N3O5S/c1-20(2,3)23-29(26,27)17-9-5-7-15(11-17)19(25)28-13-18(24)22-16-8-4-6-14(10-16)12-21/h4-11,23H,13H2,1-3H3,(H,22,24). The van der Waals surface area contributed by atoms with Gasteiger partial charge in [0.1, 0.15) is 0 Å². The topological polar surface area (TPSA) is 125 Å². The summed E-state index contributed by atoms with van der Waals surface area (Å²) >= 11 is 0.